The van der Waals surface area contributed by atoms with E-state index >= 15 is 0 Å². The quantitative estimate of drug-likeness (QED) is 0.606. The highest BCUT2D eigenvalue weighted by atomic mass is 79.9. The van der Waals surface area contributed by atoms with Gasteiger partial charge in [-0.1, -0.05) is 52.3 Å². The van der Waals surface area contributed by atoms with Gasteiger partial charge in [0, 0.05) is 10.9 Å². The van der Waals surface area contributed by atoms with Crippen LogP contribution in [0.25, 0.3) is 10.8 Å². The number of benzene rings is 3. The summed E-state index contributed by atoms with van der Waals surface area (Å²) in [6.07, 6.45) is 0.278. The lowest BCUT2D eigenvalue weighted by Crippen LogP contribution is -2.43. The normalized spacial score (nSPS) is 11.8. The third kappa shape index (κ3) is 4.46. The summed E-state index contributed by atoms with van der Waals surface area (Å²) in [6, 6.07) is 17.1. The van der Waals surface area contributed by atoms with Crippen LogP contribution < -0.4 is 5.32 Å². The number of aromatic hydroxyl groups is 1. The molecule has 1 amide bonds. The predicted octanol–water partition coefficient (Wildman–Crippen LogP) is 3.82. The van der Waals surface area contributed by atoms with Gasteiger partial charge in [-0.05, 0) is 40.6 Å². The molecule has 3 aromatic carbocycles. The molecule has 0 radical (unpaired) electrons. The van der Waals surface area contributed by atoms with E-state index in [-0.39, 0.29) is 17.7 Å². The topological polar surface area (TPSA) is 75.6 Å². The first-order valence-corrected chi connectivity index (χ1v) is 9.12. The molecule has 138 valence electrons. The summed E-state index contributed by atoms with van der Waals surface area (Å²) in [6.45, 7) is 0. The lowest BCUT2D eigenvalue weighted by Gasteiger charge is -2.17. The number of nitrogens with one attached hydrogen (secondary N) is 1. The molecule has 0 fully saturated rings. The van der Waals surface area contributed by atoms with Crippen LogP contribution >= 0.6 is 15.9 Å². The largest absolute Gasteiger partial charge is 0.507 e. The average Bonchev–Trinajstić information content (AvgIpc) is 2.67. The second-order valence-electron chi connectivity index (χ2n) is 6.10. The van der Waals surface area contributed by atoms with Crippen molar-refractivity contribution in [3.05, 3.63) is 76.3 Å². The third-order valence-corrected chi connectivity index (χ3v) is 4.78. The Hall–Kier alpha value is -2.86. The molecule has 1 unspecified atom stereocenters. The Balaban J connectivity index is 1.84. The van der Waals surface area contributed by atoms with Crippen molar-refractivity contribution in [2.75, 3.05) is 7.11 Å². The molecule has 2 N–H and O–H groups in total. The maximum absolute atomic E-state index is 12.7. The highest BCUT2D eigenvalue weighted by Crippen LogP contribution is 2.25. The molecule has 6 heteroatoms. The molecular weight excluding hydrogens is 410 g/mol. The van der Waals surface area contributed by atoms with Gasteiger partial charge in [0.2, 0.25) is 0 Å². The number of phenolic OH excluding ortho intramolecular Hbond substituents is 1. The van der Waals surface area contributed by atoms with Gasteiger partial charge in [-0.3, -0.25) is 4.79 Å². The Bertz CT molecular complexity index is 985. The van der Waals surface area contributed by atoms with E-state index in [4.69, 9.17) is 4.74 Å². The van der Waals surface area contributed by atoms with E-state index in [9.17, 15) is 14.7 Å². The van der Waals surface area contributed by atoms with Gasteiger partial charge in [-0.2, -0.15) is 0 Å². The molecule has 0 aliphatic carbocycles. The number of esters is 1. The zero-order chi connectivity index (χ0) is 19.4. The Morgan fingerprint density at radius 3 is 2.33 bits per heavy atom. The number of carbonyl (C=O) groups excluding carboxylic acids is 2. The van der Waals surface area contributed by atoms with Crippen molar-refractivity contribution in [1.82, 2.24) is 5.32 Å². The molecule has 0 saturated carbocycles. The summed E-state index contributed by atoms with van der Waals surface area (Å²) in [5.74, 6) is -1.23. The van der Waals surface area contributed by atoms with Crippen LogP contribution in [0.5, 0.6) is 5.75 Å². The van der Waals surface area contributed by atoms with Gasteiger partial charge in [0.25, 0.3) is 5.91 Å². The number of hydrogen-bond donors (Lipinski definition) is 2. The fourth-order valence-electron chi connectivity index (χ4n) is 2.84. The molecule has 0 aliphatic heterocycles. The number of halogens is 1. The van der Waals surface area contributed by atoms with E-state index in [1.54, 1.807) is 6.07 Å². The van der Waals surface area contributed by atoms with Gasteiger partial charge < -0.3 is 15.2 Å². The monoisotopic (exact) mass is 427 g/mol. The van der Waals surface area contributed by atoms with Crippen LogP contribution in [-0.4, -0.2) is 30.1 Å². The highest BCUT2D eigenvalue weighted by molar-refractivity contribution is 9.10. The minimum absolute atomic E-state index is 0.110. The van der Waals surface area contributed by atoms with E-state index in [2.05, 4.69) is 21.2 Å². The molecular formula is C21H18BrNO4. The van der Waals surface area contributed by atoms with Crippen molar-refractivity contribution in [2.45, 2.75) is 12.5 Å². The average molecular weight is 428 g/mol. The van der Waals surface area contributed by atoms with Crippen molar-refractivity contribution < 1.29 is 19.4 Å². The zero-order valence-corrected chi connectivity index (χ0v) is 16.2. The minimum atomic E-state index is -0.866. The summed E-state index contributed by atoms with van der Waals surface area (Å²) in [5.41, 5.74) is 0.982. The number of phenols is 1. The SMILES string of the molecule is COC(=O)C(Cc1ccc(Br)cc1)NC(=O)c1cc2ccccc2cc1O. The standard InChI is InChI=1S/C21H18BrNO4/c1-27-21(26)18(10-13-6-8-16(22)9-7-13)23-20(25)17-11-14-4-2-3-5-15(14)12-19(17)24/h2-9,11-12,18,24H,10H2,1H3,(H,23,25). The molecule has 5 nitrogen and oxygen atoms in total. The van der Waals surface area contributed by atoms with Crippen molar-refractivity contribution in [3.63, 3.8) is 0 Å². The van der Waals surface area contributed by atoms with Gasteiger partial charge in [-0.15, -0.1) is 0 Å². The number of carbonyl (C=O) groups is 2. The number of fused-ring (bicyclic) bond motifs is 1. The first kappa shape index (κ1) is 18.9. The molecule has 0 aliphatic rings. The second-order valence-corrected chi connectivity index (χ2v) is 7.01. The fraction of sp³-hybridized carbons (Fsp3) is 0.143. The maximum Gasteiger partial charge on any atom is 0.328 e. The molecule has 3 rings (SSSR count). The molecule has 3 aromatic rings. The Kier molecular flexibility index (Phi) is 5.76. The first-order chi connectivity index (χ1) is 13.0. The van der Waals surface area contributed by atoms with Crippen LogP contribution in [0.3, 0.4) is 0 Å². The molecule has 0 bridgehead atoms. The van der Waals surface area contributed by atoms with Crippen LogP contribution in [0.1, 0.15) is 15.9 Å². The van der Waals surface area contributed by atoms with Crippen LogP contribution in [0.2, 0.25) is 0 Å². The smallest absolute Gasteiger partial charge is 0.328 e. The molecule has 0 aromatic heterocycles. The number of rotatable bonds is 5. The molecule has 0 saturated heterocycles. The van der Waals surface area contributed by atoms with Crippen LogP contribution in [-0.2, 0) is 16.0 Å². The van der Waals surface area contributed by atoms with Crippen LogP contribution in [0, 0.1) is 0 Å². The number of methoxy groups -OCH3 is 1. The third-order valence-electron chi connectivity index (χ3n) is 4.25. The number of ether oxygens (including phenoxy) is 1. The maximum atomic E-state index is 12.7. The van der Waals surface area contributed by atoms with Crippen molar-refractivity contribution in [1.29, 1.82) is 0 Å². The Labute approximate surface area is 165 Å². The van der Waals surface area contributed by atoms with Gasteiger partial charge in [0.15, 0.2) is 0 Å². The fourth-order valence-corrected chi connectivity index (χ4v) is 3.10. The number of amides is 1. The van der Waals surface area contributed by atoms with E-state index in [0.717, 1.165) is 20.8 Å². The van der Waals surface area contributed by atoms with E-state index in [0.29, 0.717) is 0 Å². The highest BCUT2D eigenvalue weighted by Gasteiger charge is 2.24. The Morgan fingerprint density at radius 1 is 1.07 bits per heavy atom. The summed E-state index contributed by atoms with van der Waals surface area (Å²) >= 11 is 3.36. The predicted molar refractivity (Wildman–Crippen MR) is 107 cm³/mol. The van der Waals surface area contributed by atoms with E-state index < -0.39 is 17.9 Å². The summed E-state index contributed by atoms with van der Waals surface area (Å²) < 4.78 is 5.74. The molecule has 27 heavy (non-hydrogen) atoms. The van der Waals surface area contributed by atoms with Gasteiger partial charge >= 0.3 is 5.97 Å². The van der Waals surface area contributed by atoms with Gasteiger partial charge in [0.1, 0.15) is 11.8 Å². The lowest BCUT2D eigenvalue weighted by atomic mass is 10.0. The Morgan fingerprint density at radius 2 is 1.70 bits per heavy atom. The van der Waals surface area contributed by atoms with Crippen LogP contribution in [0.15, 0.2) is 65.1 Å². The molecule has 0 spiro atoms. The van der Waals surface area contributed by atoms with Gasteiger partial charge in [0.05, 0.1) is 12.7 Å². The molecule has 1 atom stereocenters. The minimum Gasteiger partial charge on any atom is -0.507 e. The second kappa shape index (κ2) is 8.22. The first-order valence-electron chi connectivity index (χ1n) is 8.33. The van der Waals surface area contributed by atoms with E-state index in [1.165, 1.54) is 13.2 Å². The van der Waals surface area contributed by atoms with Gasteiger partial charge in [-0.25, -0.2) is 4.79 Å². The van der Waals surface area contributed by atoms with Crippen molar-refractivity contribution in [2.24, 2.45) is 0 Å². The van der Waals surface area contributed by atoms with Crippen LogP contribution in [0.4, 0.5) is 0 Å². The van der Waals surface area contributed by atoms with Crippen molar-refractivity contribution in [3.8, 4) is 5.75 Å². The summed E-state index contributed by atoms with van der Waals surface area (Å²) in [5, 5.41) is 14.5. The molecule has 0 heterocycles. The summed E-state index contributed by atoms with van der Waals surface area (Å²) in [7, 11) is 1.27. The summed E-state index contributed by atoms with van der Waals surface area (Å²) in [4.78, 5) is 24.8. The lowest BCUT2D eigenvalue weighted by molar-refractivity contribution is -0.142. The van der Waals surface area contributed by atoms with E-state index in [1.807, 2.05) is 48.5 Å². The van der Waals surface area contributed by atoms with Crippen molar-refractivity contribution >= 4 is 38.6 Å². The zero-order valence-electron chi connectivity index (χ0n) is 14.6. The number of hydrogen-bond acceptors (Lipinski definition) is 4.